The zero-order valence-corrected chi connectivity index (χ0v) is 12.7. The molecule has 1 aromatic heterocycles. The van der Waals surface area contributed by atoms with Gasteiger partial charge < -0.3 is 20.2 Å². The maximum absolute atomic E-state index is 14.6. The van der Waals surface area contributed by atoms with Gasteiger partial charge in [-0.25, -0.2) is 4.79 Å². The number of hydrogen-bond donors (Lipinski definition) is 3. The van der Waals surface area contributed by atoms with Crippen molar-refractivity contribution < 1.29 is 28.9 Å². The summed E-state index contributed by atoms with van der Waals surface area (Å²) in [6, 6.07) is -0.357. The normalized spacial score (nSPS) is 29.6. The van der Waals surface area contributed by atoms with Gasteiger partial charge in [0, 0.05) is 24.4 Å². The number of nitrogens with zero attached hydrogens (tertiary/aromatic N) is 3. The quantitative estimate of drug-likeness (QED) is 0.711. The molecule has 0 saturated heterocycles. The minimum atomic E-state index is -3.23. The number of aliphatic hydroxyl groups is 2. The largest absolute Gasteiger partial charge is 0.465 e. The summed E-state index contributed by atoms with van der Waals surface area (Å²) in [5, 5.41) is 33.0. The van der Waals surface area contributed by atoms with Gasteiger partial charge in [0.05, 0.1) is 25.4 Å². The molecule has 9 heteroatoms. The van der Waals surface area contributed by atoms with Gasteiger partial charge in [0.1, 0.15) is 11.3 Å². The molecule has 3 N–H and O–H groups in total. The van der Waals surface area contributed by atoms with Gasteiger partial charge in [0.25, 0.3) is 5.92 Å². The molecule has 0 aromatic carbocycles. The molecule has 2 aliphatic heterocycles. The van der Waals surface area contributed by atoms with E-state index in [9.17, 15) is 28.9 Å². The molecule has 3 rings (SSSR count). The number of rotatable bonds is 1. The van der Waals surface area contributed by atoms with E-state index < -0.39 is 30.6 Å². The van der Waals surface area contributed by atoms with E-state index in [0.717, 1.165) is 9.58 Å². The van der Waals surface area contributed by atoms with Crippen LogP contribution in [0.1, 0.15) is 36.7 Å². The summed E-state index contributed by atoms with van der Waals surface area (Å²) in [5.74, 6) is -3.23. The van der Waals surface area contributed by atoms with Crippen LogP contribution in [0, 0.1) is 0 Å². The van der Waals surface area contributed by atoms with Crippen molar-refractivity contribution in [1.82, 2.24) is 14.7 Å². The van der Waals surface area contributed by atoms with Gasteiger partial charge in [-0.2, -0.15) is 13.9 Å². The van der Waals surface area contributed by atoms with Gasteiger partial charge >= 0.3 is 6.09 Å². The van der Waals surface area contributed by atoms with Crippen molar-refractivity contribution in [2.75, 3.05) is 6.61 Å². The zero-order chi connectivity index (χ0) is 17.0. The topological polar surface area (TPSA) is 98.8 Å². The van der Waals surface area contributed by atoms with Crippen LogP contribution in [0.15, 0.2) is 0 Å². The van der Waals surface area contributed by atoms with E-state index in [-0.39, 0.29) is 43.2 Å². The molecule has 128 valence electrons. The molecule has 0 spiro atoms. The fourth-order valence-corrected chi connectivity index (χ4v) is 3.37. The predicted octanol–water partition coefficient (Wildman–Crippen LogP) is 0.917. The fourth-order valence-electron chi connectivity index (χ4n) is 3.37. The highest BCUT2D eigenvalue weighted by Gasteiger charge is 2.47. The summed E-state index contributed by atoms with van der Waals surface area (Å²) in [5.41, 5.74) is -1.33. The van der Waals surface area contributed by atoms with E-state index in [2.05, 4.69) is 5.10 Å². The Balaban J connectivity index is 2.09. The highest BCUT2D eigenvalue weighted by atomic mass is 19.3. The molecule has 1 aromatic rings. The summed E-state index contributed by atoms with van der Waals surface area (Å²) >= 11 is 0. The van der Waals surface area contributed by atoms with Gasteiger partial charge in [0.15, 0.2) is 0 Å². The second kappa shape index (κ2) is 5.13. The van der Waals surface area contributed by atoms with Crippen molar-refractivity contribution in [2.24, 2.45) is 0 Å². The molecule has 2 atom stereocenters. The lowest BCUT2D eigenvalue weighted by atomic mass is 9.94. The lowest BCUT2D eigenvalue weighted by Crippen LogP contribution is -2.42. The van der Waals surface area contributed by atoms with Crippen molar-refractivity contribution in [3.8, 4) is 0 Å². The number of amides is 1. The first-order valence-corrected chi connectivity index (χ1v) is 7.46. The Labute approximate surface area is 131 Å². The molecule has 0 aliphatic carbocycles. The van der Waals surface area contributed by atoms with E-state index in [1.54, 1.807) is 6.92 Å². The van der Waals surface area contributed by atoms with Crippen LogP contribution in [0.3, 0.4) is 0 Å². The van der Waals surface area contributed by atoms with E-state index in [1.807, 2.05) is 0 Å². The smallest absolute Gasteiger partial charge is 0.407 e. The number of alkyl halides is 2. The third-order valence-electron chi connectivity index (χ3n) is 4.72. The molecule has 2 unspecified atom stereocenters. The number of aliphatic hydroxyl groups excluding tert-OH is 1. The third-order valence-corrected chi connectivity index (χ3v) is 4.72. The highest BCUT2D eigenvalue weighted by Crippen LogP contribution is 2.43. The van der Waals surface area contributed by atoms with Crippen LogP contribution in [0.25, 0.3) is 0 Å². The van der Waals surface area contributed by atoms with Crippen LogP contribution >= 0.6 is 0 Å². The molecule has 1 amide bonds. The van der Waals surface area contributed by atoms with Gasteiger partial charge in [-0.05, 0) is 13.3 Å². The minimum absolute atomic E-state index is 0.145. The molecule has 0 radical (unpaired) electrons. The number of carboxylic acid groups (broad SMARTS) is 1. The van der Waals surface area contributed by atoms with Gasteiger partial charge in [-0.1, -0.05) is 0 Å². The van der Waals surface area contributed by atoms with Gasteiger partial charge in [-0.3, -0.25) is 4.68 Å². The maximum Gasteiger partial charge on any atom is 0.407 e. The molecular weight excluding hydrogens is 312 g/mol. The van der Waals surface area contributed by atoms with Crippen LogP contribution in [-0.4, -0.2) is 54.3 Å². The second-order valence-corrected chi connectivity index (χ2v) is 6.48. The van der Waals surface area contributed by atoms with Gasteiger partial charge in [-0.15, -0.1) is 0 Å². The van der Waals surface area contributed by atoms with Crippen LogP contribution < -0.4 is 0 Å². The second-order valence-electron chi connectivity index (χ2n) is 6.48. The lowest BCUT2D eigenvalue weighted by Gasteiger charge is -2.31. The standard InChI is InChI=1S/C14H19F2N3O4/c1-8-4-10-9(5-18(8)12(21)22)11-14(15,16)3-2-13(23,7-20)6-19(11)17-10/h8,20,23H,2-7H2,1H3,(H,21,22). The van der Waals surface area contributed by atoms with E-state index >= 15 is 0 Å². The van der Waals surface area contributed by atoms with Crippen molar-refractivity contribution in [3.63, 3.8) is 0 Å². The number of carbonyl (C=O) groups is 1. The van der Waals surface area contributed by atoms with E-state index in [0.29, 0.717) is 5.69 Å². The Morgan fingerprint density at radius 3 is 2.74 bits per heavy atom. The van der Waals surface area contributed by atoms with Crippen molar-refractivity contribution >= 4 is 6.09 Å². The van der Waals surface area contributed by atoms with Crippen molar-refractivity contribution in [1.29, 1.82) is 0 Å². The Morgan fingerprint density at radius 2 is 2.13 bits per heavy atom. The Morgan fingerprint density at radius 1 is 1.43 bits per heavy atom. The SMILES string of the molecule is CC1Cc2nn3c(c2CN1C(=O)O)C(F)(F)CCC(O)(CO)C3. The molecule has 2 aliphatic rings. The minimum Gasteiger partial charge on any atom is -0.465 e. The first kappa shape index (κ1) is 16.1. The summed E-state index contributed by atoms with van der Waals surface area (Å²) in [4.78, 5) is 12.4. The molecule has 0 fully saturated rings. The summed E-state index contributed by atoms with van der Waals surface area (Å²) in [6.45, 7) is 0.686. The summed E-state index contributed by atoms with van der Waals surface area (Å²) < 4.78 is 30.2. The molecule has 0 saturated carbocycles. The van der Waals surface area contributed by atoms with Crippen LogP contribution in [0.4, 0.5) is 13.6 Å². The molecule has 0 bridgehead atoms. The molecule has 23 heavy (non-hydrogen) atoms. The molecular formula is C14H19F2N3O4. The summed E-state index contributed by atoms with van der Waals surface area (Å²) in [6.07, 6.45) is -1.79. The van der Waals surface area contributed by atoms with Crippen molar-refractivity contribution in [2.45, 2.75) is 56.8 Å². The van der Waals surface area contributed by atoms with E-state index in [1.165, 1.54) is 0 Å². The number of hydrogen-bond acceptors (Lipinski definition) is 4. The maximum atomic E-state index is 14.6. The molecule has 3 heterocycles. The first-order valence-electron chi connectivity index (χ1n) is 7.46. The summed E-state index contributed by atoms with van der Waals surface area (Å²) in [7, 11) is 0. The first-order chi connectivity index (χ1) is 10.7. The average molecular weight is 331 g/mol. The van der Waals surface area contributed by atoms with Gasteiger partial charge in [0.2, 0.25) is 0 Å². The number of halogens is 2. The molecule has 7 nitrogen and oxygen atoms in total. The van der Waals surface area contributed by atoms with Crippen LogP contribution in [0.5, 0.6) is 0 Å². The monoisotopic (exact) mass is 331 g/mol. The average Bonchev–Trinajstić information content (AvgIpc) is 2.76. The third kappa shape index (κ3) is 2.57. The Kier molecular flexibility index (Phi) is 3.60. The Hall–Kier alpha value is -1.74. The predicted molar refractivity (Wildman–Crippen MR) is 74.1 cm³/mol. The fraction of sp³-hybridized carbons (Fsp3) is 0.714. The number of aromatic nitrogens is 2. The highest BCUT2D eigenvalue weighted by molar-refractivity contribution is 5.66. The van der Waals surface area contributed by atoms with Crippen molar-refractivity contribution in [3.05, 3.63) is 17.0 Å². The van der Waals surface area contributed by atoms with E-state index in [4.69, 9.17) is 0 Å². The number of fused-ring (bicyclic) bond motifs is 3. The van der Waals surface area contributed by atoms with Crippen LogP contribution in [-0.2, 0) is 25.4 Å². The van der Waals surface area contributed by atoms with Crippen LogP contribution in [0.2, 0.25) is 0 Å². The lowest BCUT2D eigenvalue weighted by molar-refractivity contribution is -0.0597. The zero-order valence-electron chi connectivity index (χ0n) is 12.7. The Bertz CT molecular complexity index is 648.